The molecule has 816 valence electrons. The number of hydrogen-bond acceptors (Lipinski definition) is 29. The molecule has 5 saturated heterocycles. The predicted octanol–water partition coefficient (Wildman–Crippen LogP) is -4.59. The van der Waals surface area contributed by atoms with Gasteiger partial charge in [-0.2, -0.15) is 47.0 Å². The molecule has 4 bridgehead atoms. The molecule has 3 aromatic heterocycles. The number of aliphatic hydroxyl groups is 2. The number of amides is 19. The third kappa shape index (κ3) is 34.3. The quantitative estimate of drug-likeness (QED) is 0.0157. The summed E-state index contributed by atoms with van der Waals surface area (Å²) >= 11 is 4.02. The van der Waals surface area contributed by atoms with Crippen LogP contribution in [0.4, 0.5) is 0 Å². The molecular formula is C96H133N25O25S4. The maximum absolute atomic E-state index is 15.4. The second kappa shape index (κ2) is 57.8. The number of carboxylic acids is 2. The van der Waals surface area contributed by atoms with Crippen molar-refractivity contribution < 1.29 is 121 Å². The highest BCUT2D eigenvalue weighted by molar-refractivity contribution is 7.99. The van der Waals surface area contributed by atoms with Gasteiger partial charge in [0.15, 0.2) is 5.96 Å². The Balaban J connectivity index is 1.03. The number of primary amides is 1. The minimum absolute atomic E-state index is 0.0154. The molecule has 5 fully saturated rings. The number of carbonyl (C=O) groups is 21. The Kier molecular flexibility index (Phi) is 45.5. The average Bonchev–Trinajstić information content (AvgIpc) is 1.63. The first-order valence-electron chi connectivity index (χ1n) is 49.3. The fourth-order valence-electron chi connectivity index (χ4n) is 17.7. The van der Waals surface area contributed by atoms with Crippen molar-refractivity contribution in [2.24, 2.45) is 17.4 Å². The third-order valence-corrected chi connectivity index (χ3v) is 29.8. The molecule has 19 amide bonds. The van der Waals surface area contributed by atoms with Gasteiger partial charge in [0, 0.05) is 146 Å². The number of benzene rings is 2. The van der Waals surface area contributed by atoms with Gasteiger partial charge in [0.1, 0.15) is 90.6 Å². The lowest BCUT2D eigenvalue weighted by atomic mass is 9.96. The van der Waals surface area contributed by atoms with E-state index in [1.807, 2.05) is 0 Å². The number of aliphatic carboxylic acids is 2. The number of para-hydroxylation sites is 2. The number of aliphatic hydroxyl groups excluding tert-OH is 2. The van der Waals surface area contributed by atoms with Gasteiger partial charge in [-0.1, -0.05) is 62.7 Å². The van der Waals surface area contributed by atoms with Crippen molar-refractivity contribution in [2.45, 2.75) is 234 Å². The maximum atomic E-state index is 15.4. The monoisotopic (exact) mass is 2160 g/mol. The van der Waals surface area contributed by atoms with Crippen LogP contribution in [0.1, 0.15) is 134 Å². The molecule has 54 heteroatoms. The minimum atomic E-state index is -2.11. The molecule has 10 rings (SSSR count). The Morgan fingerprint density at radius 3 is 1.49 bits per heavy atom. The summed E-state index contributed by atoms with van der Waals surface area (Å²) in [4.78, 5) is 323. The minimum Gasteiger partial charge on any atom is -0.481 e. The predicted molar refractivity (Wildman–Crippen MR) is 552 cm³/mol. The Hall–Kier alpha value is -13.9. The summed E-state index contributed by atoms with van der Waals surface area (Å²) in [6.45, 7) is 2.99. The SMILES string of the molecule is CC[C@H](C)[C@@H]1NC(=O)[C@@H]2CCCN2C(=O)[C@H]([C@@H](C)O)NC(=O)[C@H](CO)NC(=O)[C@H](Cc2c[nH]c3ccccc23)NC(=O)[C@H](CC(N)=O)NC(=O)[C@H](CCCCNC(=N)N)NC(=O)[C@H](CCSC)NC(=O)[C@@H]2CSCCC(=O)N3CN(CN(C3)C(=O)CCSC[C@@H](NC(C)=O)C(=O)N3CCC[C@H]3C(=O)N[C@@H](Cc3ccccn3)C(=O)N[C@H](CC(=O)O)C(=O)N2)C(=O)CCSC[C@@H](C(=O)O)NC(=O)[C@H](Cc2c[nH]c3ccccc23)NC1=O. The molecule has 0 unspecified atom stereocenters. The number of hydrogen-bond donors (Lipinski definition) is 23. The van der Waals surface area contributed by atoms with E-state index in [9.17, 15) is 87.5 Å². The van der Waals surface area contributed by atoms with Crippen LogP contribution >= 0.6 is 47.0 Å². The number of rotatable bonds is 24. The van der Waals surface area contributed by atoms with E-state index < -0.39 is 303 Å². The zero-order chi connectivity index (χ0) is 109. The lowest BCUT2D eigenvalue weighted by Gasteiger charge is -2.42. The molecule has 0 aliphatic carbocycles. The van der Waals surface area contributed by atoms with Crippen molar-refractivity contribution in [1.82, 2.24) is 114 Å². The number of unbranched alkanes of at least 4 members (excludes halogenated alkanes) is 1. The van der Waals surface area contributed by atoms with E-state index in [1.165, 1.54) is 49.8 Å². The highest BCUT2D eigenvalue weighted by atomic mass is 32.2. The fraction of sp³-hybridized carbons (Fsp3) is 0.552. The van der Waals surface area contributed by atoms with Crippen molar-refractivity contribution in [1.29, 1.82) is 5.41 Å². The van der Waals surface area contributed by atoms with Gasteiger partial charge in [0.25, 0.3) is 0 Å². The Morgan fingerprint density at radius 2 is 0.967 bits per heavy atom. The highest BCUT2D eigenvalue weighted by Crippen LogP contribution is 2.28. The first kappa shape index (κ1) is 118. The zero-order valence-electron chi connectivity index (χ0n) is 83.7. The molecular weight excluding hydrogens is 2030 g/mol. The Morgan fingerprint density at radius 1 is 0.513 bits per heavy atom. The number of H-pyrrole nitrogens is 2. The fourth-order valence-corrected chi connectivity index (χ4v) is 21.0. The molecule has 0 spiro atoms. The van der Waals surface area contributed by atoms with Gasteiger partial charge in [0.05, 0.1) is 45.6 Å². The Labute approximate surface area is 880 Å². The summed E-state index contributed by atoms with van der Waals surface area (Å²) in [7, 11) is 0. The van der Waals surface area contributed by atoms with Gasteiger partial charge in [-0.15, -0.1) is 0 Å². The number of carboxylic acid groups (broad SMARTS) is 2. The van der Waals surface area contributed by atoms with Crippen LogP contribution in [-0.2, 0) is 120 Å². The Bertz CT molecular complexity index is 5710. The van der Waals surface area contributed by atoms with Crippen molar-refractivity contribution in [3.63, 3.8) is 0 Å². The molecule has 150 heavy (non-hydrogen) atoms. The number of carbonyl (C=O) groups excluding carboxylic acids is 19. The van der Waals surface area contributed by atoms with E-state index in [4.69, 9.17) is 16.9 Å². The van der Waals surface area contributed by atoms with Gasteiger partial charge in [0.2, 0.25) is 112 Å². The first-order valence-corrected chi connectivity index (χ1v) is 54.2. The number of nitrogens with zero attached hydrogens (tertiary/aromatic N) is 6. The normalized spacial score (nSPS) is 25.5. The van der Waals surface area contributed by atoms with Gasteiger partial charge < -0.3 is 141 Å². The van der Waals surface area contributed by atoms with E-state index in [0.717, 1.165) is 54.0 Å². The van der Waals surface area contributed by atoms with Crippen molar-refractivity contribution in [3.05, 3.63) is 102 Å². The van der Waals surface area contributed by atoms with Gasteiger partial charge >= 0.3 is 11.9 Å². The van der Waals surface area contributed by atoms with Gasteiger partial charge in [-0.25, -0.2) is 4.79 Å². The number of fused-ring (bicyclic) bond motifs is 11. The van der Waals surface area contributed by atoms with E-state index in [1.54, 1.807) is 87.0 Å². The van der Waals surface area contributed by atoms with Crippen molar-refractivity contribution in [2.75, 3.05) is 92.8 Å². The summed E-state index contributed by atoms with van der Waals surface area (Å²) in [5.74, 6) is -24.8. The van der Waals surface area contributed by atoms with Gasteiger partial charge in [-0.3, -0.25) is 106 Å². The summed E-state index contributed by atoms with van der Waals surface area (Å²) in [5, 5.41) is 88.3. The molecule has 5 aliphatic rings. The van der Waals surface area contributed by atoms with E-state index in [-0.39, 0.29) is 131 Å². The van der Waals surface area contributed by atoms with Crippen LogP contribution in [0.2, 0.25) is 0 Å². The van der Waals surface area contributed by atoms with Crippen molar-refractivity contribution in [3.8, 4) is 0 Å². The van der Waals surface area contributed by atoms with Crippen LogP contribution in [0.25, 0.3) is 21.8 Å². The van der Waals surface area contributed by atoms with E-state index in [2.05, 4.69) is 89.4 Å². The molecule has 25 N–H and O–H groups in total. The second-order valence-corrected chi connectivity index (χ2v) is 41.5. The number of aromatic nitrogens is 3. The summed E-state index contributed by atoms with van der Waals surface area (Å²) in [5.41, 5.74) is 13.6. The third-order valence-electron chi connectivity index (χ3n) is 26.0. The number of nitrogens with one attached hydrogen (secondary N) is 17. The highest BCUT2D eigenvalue weighted by Gasteiger charge is 2.46. The lowest BCUT2D eigenvalue weighted by molar-refractivity contribution is -0.158. The van der Waals surface area contributed by atoms with Crippen LogP contribution < -0.4 is 85.9 Å². The first-order chi connectivity index (χ1) is 71.6. The second-order valence-electron chi connectivity index (χ2n) is 37.1. The maximum Gasteiger partial charge on any atom is 0.327 e. The number of thioether (sulfide) groups is 4. The van der Waals surface area contributed by atoms with E-state index >= 15 is 33.6 Å². The standard InChI is InChI=1S/C96H133N25O25S4/c1-6-51(2)79-92(142)111-64(38-55-43-103-60-21-10-8-19-58(55)60)84(134)114-71(95(145)146)47-150-36-28-77(128)119-49-117-48-118(50-119)76(127)27-35-149-46-70(104-53(4)124)93(143)120-31-15-23-72(120)90(140)110-65(39-56-17-11-13-29-100-56)85(135)109-67(41-78(129)130)87(137)113-69(45-148-34-26-75(117)126)89(139)106-62(25-33-147-5)82(132)105-61(22-12-14-30-101-96(98)99)81(131)108-66(40-74(97)125)86(136)107-63(37-54-42-102-59-20-9-7-18-57(54)59)83(133)112-68(44-122)88(138)116-80(52(3)123)94(144)121-32-16-24-73(121)91(141)115-79/h7-11,13,17-21,29,42-43,51-52,61-73,79-80,102-103,122-123H,6,12,14-16,22-28,30-41,44-50H2,1-5H3,(H2,97,125)(H,104,124)(H,105,132)(H,106,139)(H,107,136)(H,108,131)(H,109,135)(H,110,140)(H,111,142)(H,112,133)(H,113,137)(H,114,134)(H,115,141)(H,116,138)(H,129,130)(H,145,146)(H4,98,99,101)/t51-,52+,61-,62-,63-,64-,65-,66-,67+,68-,69-,70+,71-,72-,73-,79-,80-/m0/s1. The van der Waals surface area contributed by atoms with Gasteiger partial charge in [-0.05, 0) is 112 Å². The largest absolute Gasteiger partial charge is 0.481 e. The number of aromatic amines is 2. The molecule has 0 radical (unpaired) electrons. The van der Waals surface area contributed by atoms with Crippen LogP contribution in [-0.4, -0.2) is 380 Å². The molecule has 5 aliphatic heterocycles. The van der Waals surface area contributed by atoms with Crippen LogP contribution in [0.3, 0.4) is 0 Å². The van der Waals surface area contributed by atoms with Crippen molar-refractivity contribution >= 4 is 199 Å². The number of pyridine rings is 1. The number of guanidine groups is 1. The van der Waals surface area contributed by atoms with E-state index in [0.29, 0.717) is 32.9 Å². The van der Waals surface area contributed by atoms with Crippen LogP contribution in [0.5, 0.6) is 0 Å². The summed E-state index contributed by atoms with van der Waals surface area (Å²) in [6.07, 6.45) is 0.124. The molecule has 17 atom stereocenters. The average molecular weight is 2170 g/mol. The molecule has 5 aromatic rings. The van der Waals surface area contributed by atoms with Crippen LogP contribution in [0.15, 0.2) is 85.3 Å². The summed E-state index contributed by atoms with van der Waals surface area (Å²) in [6, 6.07) is -7.38. The molecule has 2 aromatic carbocycles. The molecule has 8 heterocycles. The lowest BCUT2D eigenvalue weighted by Crippen LogP contribution is -2.63. The molecule has 50 nitrogen and oxygen atoms in total. The molecule has 0 saturated carbocycles. The summed E-state index contributed by atoms with van der Waals surface area (Å²) < 4.78 is 0. The number of nitrogens with two attached hydrogens (primary N) is 2. The zero-order valence-corrected chi connectivity index (χ0v) is 86.9. The smallest absolute Gasteiger partial charge is 0.327 e. The topological polar surface area (TPSA) is 744 Å². The van der Waals surface area contributed by atoms with Crippen LogP contribution in [0, 0.1) is 11.3 Å².